The molecule has 0 amide bonds. The number of fused-ring (bicyclic) bond motifs is 8. The van der Waals surface area contributed by atoms with E-state index in [1.165, 1.54) is 44.1 Å². The zero-order valence-electron chi connectivity index (χ0n) is 25.4. The molecule has 4 nitrogen and oxygen atoms in total. The molecule has 0 unspecified atom stereocenters. The first-order chi connectivity index (χ1) is 22.0. The molecule has 6 heteroatoms. The van der Waals surface area contributed by atoms with Crippen molar-refractivity contribution in [1.82, 2.24) is 0 Å². The molecule has 4 heterocycles. The van der Waals surface area contributed by atoms with E-state index in [4.69, 9.17) is 9.47 Å². The number of nitrogens with zero attached hydrogens (tertiary/aromatic N) is 2. The zero-order valence-corrected chi connectivity index (χ0v) is 26.6. The van der Waals surface area contributed by atoms with E-state index in [2.05, 4.69) is 151 Å². The monoisotopic (exact) mass is 597 g/mol. The Morgan fingerprint density at radius 3 is 1.49 bits per heavy atom. The van der Waals surface area contributed by atoms with Gasteiger partial charge in [0.2, 0.25) is 0 Å². The molecule has 0 fully saturated rings. The maximum atomic E-state index is 6.58. The summed E-state index contributed by atoms with van der Waals surface area (Å²) in [5.74, 6) is 3.52. The Morgan fingerprint density at radius 2 is 0.978 bits per heavy atom. The van der Waals surface area contributed by atoms with Crippen LogP contribution in [0.3, 0.4) is 0 Å². The fourth-order valence-electron chi connectivity index (χ4n) is 7.81. The van der Waals surface area contributed by atoms with E-state index in [1.807, 2.05) is 0 Å². The zero-order chi connectivity index (χ0) is 30.0. The third-order valence-corrected chi connectivity index (χ3v) is 12.3. The number of anilines is 6. The van der Waals surface area contributed by atoms with Crippen molar-refractivity contribution < 1.29 is 9.47 Å². The van der Waals surface area contributed by atoms with Crippen molar-refractivity contribution in [2.24, 2.45) is 0 Å². The van der Waals surface area contributed by atoms with Gasteiger partial charge >= 0.3 is 265 Å². The van der Waals surface area contributed by atoms with Crippen LogP contribution in [0.1, 0.15) is 0 Å². The minimum atomic E-state index is -1.74. The van der Waals surface area contributed by atoms with Gasteiger partial charge in [-0.05, 0) is 0 Å². The summed E-state index contributed by atoms with van der Waals surface area (Å²) in [7, 11) is -1.74. The van der Waals surface area contributed by atoms with Gasteiger partial charge in [-0.2, -0.15) is 0 Å². The summed E-state index contributed by atoms with van der Waals surface area (Å²) in [6.45, 7) is 7.32. The van der Waals surface area contributed by atoms with Crippen molar-refractivity contribution in [2.45, 2.75) is 19.6 Å². The minimum absolute atomic E-state index is 0.0274. The molecule has 216 valence electrons. The molecule has 0 radical (unpaired) electrons. The maximum absolute atomic E-state index is 6.58. The van der Waals surface area contributed by atoms with Crippen LogP contribution in [0.5, 0.6) is 23.0 Å². The molecule has 45 heavy (non-hydrogen) atoms. The van der Waals surface area contributed by atoms with Crippen LogP contribution in [-0.2, 0) is 0 Å². The van der Waals surface area contributed by atoms with Crippen LogP contribution < -0.4 is 40.8 Å². The molecule has 4 aliphatic rings. The van der Waals surface area contributed by atoms with Crippen molar-refractivity contribution in [3.63, 3.8) is 0 Å². The summed E-state index contributed by atoms with van der Waals surface area (Å²) in [6, 6.07) is 44.0. The molecule has 6 aromatic rings. The Balaban J connectivity index is 1.32. The SMILES string of the molecule is C[SiH-](C)(C)c1ccc(-c2cc3c4c(c2)N2c5ccccc5Oc5cccc(c52)B4c2cccc4c2N3c2ccccc2O4)cc1. The molecule has 0 atom stereocenters. The van der Waals surface area contributed by atoms with Gasteiger partial charge in [-0.15, -0.1) is 0 Å². The Hall–Kier alpha value is -5.20. The van der Waals surface area contributed by atoms with E-state index in [0.717, 1.165) is 45.7 Å². The number of para-hydroxylation sites is 6. The second-order valence-electron chi connectivity index (χ2n) is 13.8. The number of hydrogen-bond acceptors (Lipinski definition) is 4. The number of benzene rings is 6. The van der Waals surface area contributed by atoms with Crippen molar-refractivity contribution in [1.29, 1.82) is 0 Å². The molecule has 4 aliphatic heterocycles. The van der Waals surface area contributed by atoms with Crippen LogP contribution >= 0.6 is 0 Å². The summed E-state index contributed by atoms with van der Waals surface area (Å²) in [5.41, 5.74) is 13.0. The molecular formula is C39H30BN2O2Si-. The van der Waals surface area contributed by atoms with Gasteiger partial charge in [-0.3, -0.25) is 0 Å². The molecular weight excluding hydrogens is 567 g/mol. The average molecular weight is 598 g/mol. The molecule has 0 bridgehead atoms. The summed E-state index contributed by atoms with van der Waals surface area (Å²) in [5, 5.41) is 1.49. The summed E-state index contributed by atoms with van der Waals surface area (Å²) >= 11 is 0. The predicted molar refractivity (Wildman–Crippen MR) is 190 cm³/mol. The van der Waals surface area contributed by atoms with Crippen LogP contribution in [0.25, 0.3) is 11.1 Å². The number of rotatable bonds is 2. The molecule has 0 aromatic heterocycles. The van der Waals surface area contributed by atoms with E-state index in [1.54, 1.807) is 0 Å². The van der Waals surface area contributed by atoms with Gasteiger partial charge in [-0.1, -0.05) is 0 Å². The van der Waals surface area contributed by atoms with Crippen molar-refractivity contribution in [3.05, 3.63) is 121 Å². The number of hydrogen-bond donors (Lipinski definition) is 0. The predicted octanol–water partition coefficient (Wildman–Crippen LogP) is 7.93. The van der Waals surface area contributed by atoms with Crippen LogP contribution in [0.2, 0.25) is 19.6 Å². The molecule has 0 aliphatic carbocycles. The van der Waals surface area contributed by atoms with Gasteiger partial charge in [0, 0.05) is 0 Å². The first-order valence-corrected chi connectivity index (χ1v) is 20.0. The van der Waals surface area contributed by atoms with Crippen LogP contribution in [0, 0.1) is 0 Å². The summed E-state index contributed by atoms with van der Waals surface area (Å²) < 4.78 is 13.2. The average Bonchev–Trinajstić information content (AvgIpc) is 3.06. The Labute approximate surface area is 264 Å². The first-order valence-electron chi connectivity index (χ1n) is 15.9. The molecule has 0 saturated carbocycles. The first kappa shape index (κ1) is 25.2. The van der Waals surface area contributed by atoms with Crippen LogP contribution in [-0.4, -0.2) is 14.8 Å². The third-order valence-electron chi connectivity index (χ3n) is 9.93. The van der Waals surface area contributed by atoms with Crippen LogP contribution in [0.4, 0.5) is 34.1 Å². The van der Waals surface area contributed by atoms with E-state index in [9.17, 15) is 0 Å². The van der Waals surface area contributed by atoms with Crippen molar-refractivity contribution in [2.75, 3.05) is 9.80 Å². The van der Waals surface area contributed by atoms with Gasteiger partial charge in [0.15, 0.2) is 0 Å². The fourth-order valence-corrected chi connectivity index (χ4v) is 9.16. The fraction of sp³-hybridized carbons (Fsp3) is 0.0769. The van der Waals surface area contributed by atoms with Gasteiger partial charge in [0.05, 0.1) is 0 Å². The topological polar surface area (TPSA) is 24.9 Å². The third kappa shape index (κ3) is 3.37. The quantitative estimate of drug-likeness (QED) is 0.189. The molecule has 0 spiro atoms. The van der Waals surface area contributed by atoms with Crippen LogP contribution in [0.15, 0.2) is 121 Å². The van der Waals surface area contributed by atoms with Gasteiger partial charge < -0.3 is 0 Å². The molecule has 0 N–H and O–H groups in total. The standard InChI is InChI=1S/C39H30BN2O2Si/c1-45(2,3)26-20-18-24(19-21-26)25-22-31-37-32(23-25)42-30-13-5-7-15-34(30)44-36-17-9-11-28(39(36)42)40(37)27-10-8-16-35-38(27)41(31)29-12-4-6-14-33(29)43-35/h4-23,45H,1-3H3/q-1. The molecule has 10 rings (SSSR count). The van der Waals surface area contributed by atoms with E-state index in [-0.39, 0.29) is 6.71 Å². The van der Waals surface area contributed by atoms with E-state index in [0.29, 0.717) is 0 Å². The second-order valence-corrected chi connectivity index (χ2v) is 19.6. The van der Waals surface area contributed by atoms with Gasteiger partial charge in [0.1, 0.15) is 0 Å². The van der Waals surface area contributed by atoms with E-state index < -0.39 is 8.07 Å². The Kier molecular flexibility index (Phi) is 4.87. The Bertz CT molecular complexity index is 2110. The Morgan fingerprint density at radius 1 is 0.489 bits per heavy atom. The summed E-state index contributed by atoms with van der Waals surface area (Å²) in [6.07, 6.45) is 0. The molecule has 0 saturated heterocycles. The van der Waals surface area contributed by atoms with Gasteiger partial charge in [0.25, 0.3) is 0 Å². The van der Waals surface area contributed by atoms with E-state index >= 15 is 0 Å². The molecule has 6 aromatic carbocycles. The van der Waals surface area contributed by atoms with Crippen molar-refractivity contribution >= 4 is 70.5 Å². The number of ether oxygens (including phenoxy) is 2. The summed E-state index contributed by atoms with van der Waals surface area (Å²) in [4.78, 5) is 4.89. The normalized spacial score (nSPS) is 14.7. The van der Waals surface area contributed by atoms with Crippen molar-refractivity contribution in [3.8, 4) is 34.1 Å². The second kappa shape index (κ2) is 8.71. The van der Waals surface area contributed by atoms with Gasteiger partial charge in [-0.25, -0.2) is 0 Å².